The lowest BCUT2D eigenvalue weighted by molar-refractivity contribution is -0.236. The number of aliphatic hydroxyl groups is 2. The normalized spacial score (nSPS) is 57.2. The number of ether oxygens (including phenoxy) is 6. The molecule has 5 saturated carbocycles. The van der Waals surface area contributed by atoms with E-state index in [1.165, 1.54) is 20.8 Å². The summed E-state index contributed by atoms with van der Waals surface area (Å²) in [7, 11) is 0. The molecule has 0 bridgehead atoms. The fourth-order valence-electron chi connectivity index (χ4n) is 12.9. The molecule has 0 aromatic rings. The Bertz CT molecular complexity index is 1560. The van der Waals surface area contributed by atoms with Crippen molar-refractivity contribution >= 4 is 29.7 Å². The van der Waals surface area contributed by atoms with Gasteiger partial charge in [0, 0.05) is 48.3 Å². The van der Waals surface area contributed by atoms with E-state index in [-0.39, 0.29) is 24.2 Å². The average Bonchev–Trinajstić information content (AvgIpc) is 3.91. The summed E-state index contributed by atoms with van der Waals surface area (Å²) in [4.78, 5) is 67.1. The third-order valence-corrected chi connectivity index (χ3v) is 15.2. The Morgan fingerprint density at radius 2 is 1.57 bits per heavy atom. The van der Waals surface area contributed by atoms with Gasteiger partial charge in [-0.05, 0) is 44.4 Å². The summed E-state index contributed by atoms with van der Waals surface area (Å²) in [6.07, 6.45) is -4.88. The second kappa shape index (κ2) is 9.83. The van der Waals surface area contributed by atoms with Crippen LogP contribution < -0.4 is 0 Å². The minimum absolute atomic E-state index is 0.226. The van der Waals surface area contributed by atoms with E-state index >= 15 is 0 Å². The number of Topliss-reactive ketones (excluding diaryl/α,β-unsaturated/α-hetero) is 1. The number of carbonyl (C=O) groups excluding carboxylic acids is 5. The summed E-state index contributed by atoms with van der Waals surface area (Å²) in [6.45, 7) is 15.0. The molecular weight excluding hydrogens is 640 g/mol. The number of hydrogen-bond donors (Lipinski definition) is 2. The number of aliphatic hydroxyl groups excluding tert-OH is 1. The first-order valence-corrected chi connectivity index (χ1v) is 17.8. The molecule has 13 heteroatoms. The molecule has 0 aromatic carbocycles. The third-order valence-electron chi connectivity index (χ3n) is 15.2. The topological polar surface area (TPSA) is 188 Å². The molecule has 49 heavy (non-hydrogen) atoms. The van der Waals surface area contributed by atoms with Gasteiger partial charge in [0.1, 0.15) is 36.6 Å². The highest BCUT2D eigenvalue weighted by atomic mass is 16.8. The number of esters is 4. The maximum absolute atomic E-state index is 14.5. The summed E-state index contributed by atoms with van der Waals surface area (Å²) >= 11 is 0. The van der Waals surface area contributed by atoms with Gasteiger partial charge in [-0.3, -0.25) is 19.2 Å². The summed E-state index contributed by atoms with van der Waals surface area (Å²) < 4.78 is 36.9. The quantitative estimate of drug-likeness (QED) is 0.247. The molecule has 19 atom stereocenters. The molecule has 8 fully saturated rings. The van der Waals surface area contributed by atoms with E-state index in [1.54, 1.807) is 20.8 Å². The number of carbonyl (C=O) groups is 5. The van der Waals surface area contributed by atoms with Crippen molar-refractivity contribution in [1.82, 2.24) is 0 Å². The molecule has 3 saturated heterocycles. The molecule has 270 valence electrons. The Morgan fingerprint density at radius 3 is 2.18 bits per heavy atom. The van der Waals surface area contributed by atoms with Crippen LogP contribution in [0.2, 0.25) is 0 Å². The van der Waals surface area contributed by atoms with Crippen molar-refractivity contribution in [2.24, 2.45) is 63.6 Å². The van der Waals surface area contributed by atoms with E-state index < -0.39 is 130 Å². The molecule has 8 aliphatic rings. The second-order valence-electron chi connectivity index (χ2n) is 17.4. The first-order valence-electron chi connectivity index (χ1n) is 17.8. The van der Waals surface area contributed by atoms with Crippen molar-refractivity contribution < 1.29 is 62.6 Å². The zero-order valence-electron chi connectivity index (χ0n) is 29.5. The molecule has 0 amide bonds. The lowest BCUT2D eigenvalue weighted by Gasteiger charge is -2.63. The minimum atomic E-state index is -2.06. The second-order valence-corrected chi connectivity index (χ2v) is 17.4. The zero-order chi connectivity index (χ0) is 35.7. The van der Waals surface area contributed by atoms with Gasteiger partial charge in [0.15, 0.2) is 11.4 Å². The van der Waals surface area contributed by atoms with Crippen LogP contribution in [0, 0.1) is 63.6 Å². The average molecular weight is 689 g/mol. The van der Waals surface area contributed by atoms with Crippen molar-refractivity contribution in [3.05, 3.63) is 0 Å². The molecule has 2 N–H and O–H groups in total. The van der Waals surface area contributed by atoms with Gasteiger partial charge in [0.2, 0.25) is 5.79 Å². The van der Waals surface area contributed by atoms with Crippen LogP contribution in [0.25, 0.3) is 0 Å². The Hall–Kier alpha value is -2.61. The van der Waals surface area contributed by atoms with E-state index in [1.807, 2.05) is 20.8 Å². The summed E-state index contributed by atoms with van der Waals surface area (Å²) in [5.74, 6) is -9.20. The predicted octanol–water partition coefficient (Wildman–Crippen LogP) is 1.72. The number of fused-ring (bicyclic) bond motifs is 9. The Labute approximate surface area is 285 Å². The van der Waals surface area contributed by atoms with Crippen molar-refractivity contribution in [2.75, 3.05) is 0 Å². The van der Waals surface area contributed by atoms with Gasteiger partial charge < -0.3 is 38.6 Å². The fraction of sp³-hybridized carbons (Fsp3) is 0.861. The summed E-state index contributed by atoms with van der Waals surface area (Å²) in [5, 5.41) is 24.2. The Kier molecular flexibility index (Phi) is 6.73. The van der Waals surface area contributed by atoms with Crippen LogP contribution in [-0.4, -0.2) is 94.0 Å². The van der Waals surface area contributed by atoms with Crippen LogP contribution in [0.15, 0.2) is 0 Å². The standard InChI is InChI=1S/C36H48O13/c1-12(2)30(41)47-29-26-18(46-26)10-17-24(39)25(40)20-16(32(17,29)6)11-19(44-14(4)37)33(7)21-13(3)28-36(48-28)34(8,35(9,43)31(42)49-36)23(21)27(22(20)33)45-15(5)38/h12-13,16-23,25-29,40,43H,10-11H2,1-9H3/t13-,16-,17+,18-,19-,20+,21-,22+,23-,25+,26-,27+,28-,29-,32+,33+,34-,35+,36+/m0/s1. The van der Waals surface area contributed by atoms with Crippen LogP contribution in [0.1, 0.15) is 75.2 Å². The van der Waals surface area contributed by atoms with E-state index in [0.717, 1.165) is 0 Å². The van der Waals surface area contributed by atoms with Crippen molar-refractivity contribution in [1.29, 1.82) is 0 Å². The molecule has 8 rings (SSSR count). The molecular formula is C36H48O13. The number of hydrogen-bond acceptors (Lipinski definition) is 13. The SMILES string of the molecule is CC(=O)O[C@@H]1[C@H]2[C@@H]3[C@@H](O)C(=O)[C@H]4C[C@@H]5O[C@@H]5[C@H](OC(=O)C(C)C)[C@]4(C)[C@H]3C[C@H](OC(C)=O)[C@]2(C)[C@H]2[C@H](C)[C@@H]3O[C@@]34OC(=O)[C@@](C)(O)[C@]4(C)[C@H]12. The highest BCUT2D eigenvalue weighted by Crippen LogP contribution is 2.81. The molecule has 5 aliphatic carbocycles. The van der Waals surface area contributed by atoms with E-state index in [4.69, 9.17) is 28.4 Å². The maximum Gasteiger partial charge on any atom is 0.341 e. The monoisotopic (exact) mass is 688 g/mol. The third kappa shape index (κ3) is 3.73. The number of rotatable bonds is 4. The highest BCUT2D eigenvalue weighted by molar-refractivity contribution is 5.88. The Balaban J connectivity index is 1.34. The van der Waals surface area contributed by atoms with Crippen LogP contribution in [0.3, 0.4) is 0 Å². The number of ketones is 1. The fourth-order valence-corrected chi connectivity index (χ4v) is 12.9. The lowest BCUT2D eigenvalue weighted by atomic mass is 9.41. The molecule has 0 aromatic heterocycles. The molecule has 3 aliphatic heterocycles. The molecule has 0 radical (unpaired) electrons. The smallest absolute Gasteiger partial charge is 0.341 e. The van der Waals surface area contributed by atoms with E-state index in [2.05, 4.69) is 0 Å². The van der Waals surface area contributed by atoms with Crippen molar-refractivity contribution in [2.45, 2.75) is 129 Å². The predicted molar refractivity (Wildman–Crippen MR) is 163 cm³/mol. The first kappa shape index (κ1) is 33.5. The van der Waals surface area contributed by atoms with Gasteiger partial charge in [-0.25, -0.2) is 4.79 Å². The largest absolute Gasteiger partial charge is 0.462 e. The van der Waals surface area contributed by atoms with Crippen molar-refractivity contribution in [3.8, 4) is 0 Å². The van der Waals surface area contributed by atoms with Crippen LogP contribution in [0.4, 0.5) is 0 Å². The molecule has 13 nitrogen and oxygen atoms in total. The Morgan fingerprint density at radius 1 is 0.918 bits per heavy atom. The maximum atomic E-state index is 14.5. The molecule has 1 spiro atoms. The van der Waals surface area contributed by atoms with Crippen molar-refractivity contribution in [3.63, 3.8) is 0 Å². The zero-order valence-corrected chi connectivity index (χ0v) is 29.5. The number of epoxide rings is 2. The lowest BCUT2D eigenvalue weighted by Crippen LogP contribution is -2.70. The van der Waals surface area contributed by atoms with Gasteiger partial charge in [0.25, 0.3) is 0 Å². The molecule has 0 unspecified atom stereocenters. The van der Waals surface area contributed by atoms with Crippen LogP contribution >= 0.6 is 0 Å². The van der Waals surface area contributed by atoms with Gasteiger partial charge in [-0.1, -0.05) is 34.6 Å². The van der Waals surface area contributed by atoms with Crippen LogP contribution in [0.5, 0.6) is 0 Å². The van der Waals surface area contributed by atoms with Crippen LogP contribution in [-0.2, 0) is 52.4 Å². The van der Waals surface area contributed by atoms with E-state index in [0.29, 0.717) is 6.42 Å². The molecule has 3 heterocycles. The summed E-state index contributed by atoms with van der Waals surface area (Å²) in [5.41, 5.74) is -5.56. The first-order chi connectivity index (χ1) is 22.7. The highest BCUT2D eigenvalue weighted by Gasteiger charge is 2.93. The van der Waals surface area contributed by atoms with Gasteiger partial charge in [-0.2, -0.15) is 0 Å². The summed E-state index contributed by atoms with van der Waals surface area (Å²) in [6, 6.07) is 0. The minimum Gasteiger partial charge on any atom is -0.462 e. The van der Waals surface area contributed by atoms with Gasteiger partial charge >= 0.3 is 23.9 Å². The van der Waals surface area contributed by atoms with Gasteiger partial charge in [0.05, 0.1) is 17.4 Å². The van der Waals surface area contributed by atoms with Gasteiger partial charge in [-0.15, -0.1) is 0 Å². The van der Waals surface area contributed by atoms with E-state index in [9.17, 15) is 34.2 Å².